The highest BCUT2D eigenvalue weighted by molar-refractivity contribution is 7.83. The molecule has 1 saturated carbocycles. The van der Waals surface area contributed by atoms with Gasteiger partial charge in [-0.05, 0) is 44.6 Å². The third-order valence-corrected chi connectivity index (χ3v) is 3.61. The fourth-order valence-corrected chi connectivity index (χ4v) is 2.44. The summed E-state index contributed by atoms with van der Waals surface area (Å²) in [4.78, 5) is 0.685. The van der Waals surface area contributed by atoms with Crippen molar-refractivity contribution < 1.29 is 8.76 Å². The molecule has 2 unspecified atom stereocenters. The van der Waals surface area contributed by atoms with Gasteiger partial charge in [0.05, 0.1) is 0 Å². The van der Waals surface area contributed by atoms with Gasteiger partial charge in [-0.25, -0.2) is 4.21 Å². The molecule has 0 saturated heterocycles. The quantitative estimate of drug-likeness (QED) is 0.579. The molecule has 2 nitrogen and oxygen atoms in total. The number of hydrogen-bond donors (Lipinski definition) is 1. The first-order chi connectivity index (χ1) is 6.52. The fourth-order valence-electron chi connectivity index (χ4n) is 1.65. The maximum absolute atomic E-state index is 11.1. The van der Waals surface area contributed by atoms with Gasteiger partial charge in [-0.1, -0.05) is 18.6 Å². The van der Waals surface area contributed by atoms with Crippen LogP contribution in [0.25, 0.3) is 0 Å². The molecule has 1 fully saturated rings. The van der Waals surface area contributed by atoms with E-state index in [1.165, 1.54) is 6.42 Å². The molecule has 1 N–H and O–H groups in total. The van der Waals surface area contributed by atoms with E-state index in [1.54, 1.807) is 0 Å². The maximum Gasteiger partial charge on any atom is 0.182 e. The highest BCUT2D eigenvalue weighted by Gasteiger charge is 2.32. The lowest BCUT2D eigenvalue weighted by Crippen LogP contribution is -2.26. The second-order valence-electron chi connectivity index (χ2n) is 4.22. The predicted octanol–water partition coefficient (Wildman–Crippen LogP) is 3.10. The molecule has 1 aliphatic carbocycles. The smallest absolute Gasteiger partial charge is 0.182 e. The monoisotopic (exact) mass is 214 g/mol. The summed E-state index contributed by atoms with van der Waals surface area (Å²) in [6, 6.07) is 0. The highest BCUT2D eigenvalue weighted by atomic mass is 32.2. The summed E-state index contributed by atoms with van der Waals surface area (Å²) in [5, 5.41) is 0. The molecule has 0 aromatic carbocycles. The molecule has 1 aliphatic rings. The average Bonchev–Trinajstić information content (AvgIpc) is 2.08. The molecule has 14 heavy (non-hydrogen) atoms. The molecule has 0 aromatic heterocycles. The van der Waals surface area contributed by atoms with E-state index in [-0.39, 0.29) is 0 Å². The first-order valence-electron chi connectivity index (χ1n) is 4.98. The van der Waals surface area contributed by atoms with Crippen molar-refractivity contribution >= 4 is 11.1 Å². The molecule has 0 radical (unpaired) electrons. The van der Waals surface area contributed by atoms with E-state index in [9.17, 15) is 4.21 Å². The molecular weight excluding hydrogens is 196 g/mol. The van der Waals surface area contributed by atoms with E-state index in [1.807, 2.05) is 26.0 Å². The molecular formula is C11H18O2S. The van der Waals surface area contributed by atoms with Crippen LogP contribution in [0.2, 0.25) is 0 Å². The van der Waals surface area contributed by atoms with Crippen molar-refractivity contribution in [2.75, 3.05) is 0 Å². The van der Waals surface area contributed by atoms with Crippen LogP contribution in [0.3, 0.4) is 0 Å². The second-order valence-corrected chi connectivity index (χ2v) is 5.19. The molecule has 0 aromatic rings. The van der Waals surface area contributed by atoms with Crippen LogP contribution < -0.4 is 0 Å². The Labute approximate surface area is 88.4 Å². The SMILES string of the molecule is CC(C)=C/C=C(\[C@H]1CCC1C)S(=O)O. The molecule has 0 bridgehead atoms. The van der Waals surface area contributed by atoms with E-state index in [0.717, 1.165) is 12.0 Å². The number of hydrogen-bond acceptors (Lipinski definition) is 1. The van der Waals surface area contributed by atoms with Gasteiger partial charge in [-0.2, -0.15) is 0 Å². The highest BCUT2D eigenvalue weighted by Crippen LogP contribution is 2.40. The van der Waals surface area contributed by atoms with E-state index in [0.29, 0.717) is 16.7 Å². The largest absolute Gasteiger partial charge is 0.302 e. The molecule has 0 spiro atoms. The fraction of sp³-hybridized carbons (Fsp3) is 0.636. The van der Waals surface area contributed by atoms with Crippen LogP contribution in [0.1, 0.15) is 33.6 Å². The summed E-state index contributed by atoms with van der Waals surface area (Å²) >= 11 is -1.80. The van der Waals surface area contributed by atoms with Crippen LogP contribution in [0.4, 0.5) is 0 Å². The van der Waals surface area contributed by atoms with Crippen LogP contribution in [-0.2, 0) is 11.1 Å². The van der Waals surface area contributed by atoms with Gasteiger partial charge in [0.1, 0.15) is 0 Å². The van der Waals surface area contributed by atoms with Gasteiger partial charge in [-0.3, -0.25) is 0 Å². The van der Waals surface area contributed by atoms with E-state index < -0.39 is 11.1 Å². The van der Waals surface area contributed by atoms with Crippen molar-refractivity contribution in [1.29, 1.82) is 0 Å². The van der Waals surface area contributed by atoms with Crippen LogP contribution >= 0.6 is 0 Å². The average molecular weight is 214 g/mol. The van der Waals surface area contributed by atoms with Crippen molar-refractivity contribution in [3.63, 3.8) is 0 Å². The number of rotatable bonds is 3. The lowest BCUT2D eigenvalue weighted by Gasteiger charge is -2.34. The summed E-state index contributed by atoms with van der Waals surface area (Å²) in [5.74, 6) is 0.874. The minimum absolute atomic E-state index is 0.316. The zero-order valence-corrected chi connectivity index (χ0v) is 9.80. The summed E-state index contributed by atoms with van der Waals surface area (Å²) in [6.45, 7) is 6.11. The maximum atomic E-state index is 11.1. The third-order valence-electron chi connectivity index (χ3n) is 2.77. The van der Waals surface area contributed by atoms with Crippen molar-refractivity contribution in [3.05, 3.63) is 22.6 Å². The number of allylic oxidation sites excluding steroid dienone is 4. The zero-order chi connectivity index (χ0) is 10.7. The van der Waals surface area contributed by atoms with Gasteiger partial charge in [0.15, 0.2) is 11.1 Å². The summed E-state index contributed by atoms with van der Waals surface area (Å²) in [5.41, 5.74) is 1.15. The molecule has 0 amide bonds. The van der Waals surface area contributed by atoms with Gasteiger partial charge >= 0.3 is 0 Å². The Bertz CT molecular complexity index is 288. The summed E-state index contributed by atoms with van der Waals surface area (Å²) in [6.07, 6.45) is 5.95. The lowest BCUT2D eigenvalue weighted by molar-refractivity contribution is 0.244. The van der Waals surface area contributed by atoms with Crippen molar-refractivity contribution in [2.45, 2.75) is 33.6 Å². The van der Waals surface area contributed by atoms with Crippen LogP contribution in [0, 0.1) is 11.8 Å². The van der Waals surface area contributed by atoms with Gasteiger partial charge in [-0.15, -0.1) is 0 Å². The Hall–Kier alpha value is -0.410. The topological polar surface area (TPSA) is 37.3 Å². The van der Waals surface area contributed by atoms with Crippen molar-refractivity contribution in [2.24, 2.45) is 11.8 Å². The normalized spacial score (nSPS) is 29.3. The zero-order valence-electron chi connectivity index (χ0n) is 8.99. The van der Waals surface area contributed by atoms with Gasteiger partial charge in [0, 0.05) is 4.91 Å². The Morgan fingerprint density at radius 2 is 2.00 bits per heavy atom. The Balaban J connectivity index is 2.79. The van der Waals surface area contributed by atoms with E-state index >= 15 is 0 Å². The first kappa shape index (κ1) is 11.7. The third kappa shape index (κ3) is 2.79. The van der Waals surface area contributed by atoms with Gasteiger partial charge < -0.3 is 4.55 Å². The van der Waals surface area contributed by atoms with E-state index in [2.05, 4.69) is 6.92 Å². The minimum Gasteiger partial charge on any atom is -0.302 e. The molecule has 3 atom stereocenters. The molecule has 3 heteroatoms. The van der Waals surface area contributed by atoms with Crippen molar-refractivity contribution in [3.8, 4) is 0 Å². The first-order valence-corrected chi connectivity index (χ1v) is 6.09. The van der Waals surface area contributed by atoms with Crippen molar-refractivity contribution in [1.82, 2.24) is 0 Å². The minimum atomic E-state index is -1.80. The predicted molar refractivity (Wildman–Crippen MR) is 60.2 cm³/mol. The molecule has 0 aliphatic heterocycles. The van der Waals surface area contributed by atoms with Crippen LogP contribution in [-0.4, -0.2) is 8.76 Å². The second kappa shape index (κ2) is 4.89. The van der Waals surface area contributed by atoms with Gasteiger partial charge in [0.25, 0.3) is 0 Å². The Morgan fingerprint density at radius 3 is 2.29 bits per heavy atom. The Kier molecular flexibility index (Phi) is 4.08. The van der Waals surface area contributed by atoms with E-state index in [4.69, 9.17) is 4.55 Å². The lowest BCUT2D eigenvalue weighted by atomic mass is 9.74. The van der Waals surface area contributed by atoms with Gasteiger partial charge in [0.2, 0.25) is 0 Å². The van der Waals surface area contributed by atoms with Crippen LogP contribution in [0.5, 0.6) is 0 Å². The summed E-state index contributed by atoms with van der Waals surface area (Å²) < 4.78 is 20.3. The molecule has 0 heterocycles. The molecule has 80 valence electrons. The summed E-state index contributed by atoms with van der Waals surface area (Å²) in [7, 11) is 0. The van der Waals surface area contributed by atoms with Crippen LogP contribution in [0.15, 0.2) is 22.6 Å². The molecule has 1 rings (SSSR count). The Morgan fingerprint density at radius 1 is 1.36 bits per heavy atom. The standard InChI is InChI=1S/C11H18O2S/c1-8(2)4-7-11(14(12)13)10-6-5-9(10)3/h4,7,9-10H,5-6H2,1-3H3,(H,12,13)/b11-7+/t9?,10-/m0/s1.